The maximum Gasteiger partial charge on any atom is 0.274 e. The van der Waals surface area contributed by atoms with E-state index in [4.69, 9.17) is 9.47 Å². The average molecular weight is 389 g/mol. The van der Waals surface area contributed by atoms with Crippen LogP contribution in [0, 0.1) is 0 Å². The fourth-order valence-electron chi connectivity index (χ4n) is 3.61. The molecular weight excluding hydrogens is 366 g/mol. The van der Waals surface area contributed by atoms with Crippen LogP contribution < -0.4 is 19.7 Å². The molecule has 29 heavy (non-hydrogen) atoms. The van der Waals surface area contributed by atoms with E-state index in [2.05, 4.69) is 33.4 Å². The van der Waals surface area contributed by atoms with Gasteiger partial charge in [-0.3, -0.25) is 9.78 Å². The molecular formula is C23H23N3O3. The van der Waals surface area contributed by atoms with Crippen molar-refractivity contribution in [2.75, 3.05) is 31.0 Å². The number of aromatic nitrogens is 1. The fourth-order valence-corrected chi connectivity index (χ4v) is 3.61. The van der Waals surface area contributed by atoms with Crippen LogP contribution in [0.2, 0.25) is 0 Å². The molecule has 3 aromatic rings. The number of amides is 1. The number of pyridine rings is 1. The van der Waals surface area contributed by atoms with Gasteiger partial charge in [0.05, 0.1) is 19.9 Å². The van der Waals surface area contributed by atoms with Gasteiger partial charge in [0.2, 0.25) is 0 Å². The smallest absolute Gasteiger partial charge is 0.274 e. The molecule has 2 heterocycles. The maximum atomic E-state index is 12.9. The molecule has 1 amide bonds. The molecule has 0 spiro atoms. The second-order valence-corrected chi connectivity index (χ2v) is 6.80. The van der Waals surface area contributed by atoms with E-state index in [0.717, 1.165) is 25.1 Å². The number of rotatable bonds is 5. The standard InChI is InChI=1S/C23H23N3O3/c1-28-18-9-10-22(29-2)19(15-18)25-23(27)20-14-17(11-12-24-20)26-13-5-7-16-6-3-4-8-21(16)26/h3-4,6,8-12,14-15H,5,7,13H2,1-2H3,(H,25,27). The highest BCUT2D eigenvalue weighted by Gasteiger charge is 2.19. The molecule has 0 bridgehead atoms. The molecule has 0 unspecified atom stereocenters. The second-order valence-electron chi connectivity index (χ2n) is 6.80. The molecule has 0 fully saturated rings. The first-order valence-electron chi connectivity index (χ1n) is 9.54. The highest BCUT2D eigenvalue weighted by molar-refractivity contribution is 6.04. The molecule has 0 radical (unpaired) electrons. The molecule has 6 nitrogen and oxygen atoms in total. The van der Waals surface area contributed by atoms with Crippen LogP contribution in [0.5, 0.6) is 11.5 Å². The zero-order valence-electron chi connectivity index (χ0n) is 16.5. The Morgan fingerprint density at radius 1 is 1.07 bits per heavy atom. The summed E-state index contributed by atoms with van der Waals surface area (Å²) in [6.07, 6.45) is 3.81. The zero-order chi connectivity index (χ0) is 20.2. The van der Waals surface area contributed by atoms with Crippen LogP contribution in [-0.2, 0) is 6.42 Å². The SMILES string of the molecule is COc1ccc(OC)c(NC(=O)c2cc(N3CCCc4ccccc43)ccn2)c1. The second kappa shape index (κ2) is 8.22. The highest BCUT2D eigenvalue weighted by Crippen LogP contribution is 2.34. The van der Waals surface area contributed by atoms with Crippen molar-refractivity contribution in [1.82, 2.24) is 4.98 Å². The molecule has 0 saturated carbocycles. The fraction of sp³-hybridized carbons (Fsp3) is 0.217. The van der Waals surface area contributed by atoms with Gasteiger partial charge in [-0.25, -0.2) is 0 Å². The Kier molecular flexibility index (Phi) is 5.33. The summed E-state index contributed by atoms with van der Waals surface area (Å²) in [6.45, 7) is 0.909. The van der Waals surface area contributed by atoms with Gasteiger partial charge in [0.15, 0.2) is 0 Å². The minimum atomic E-state index is -0.302. The molecule has 1 aliphatic heterocycles. The van der Waals surface area contributed by atoms with Crippen molar-refractivity contribution in [3.05, 3.63) is 72.1 Å². The molecule has 1 aliphatic rings. The number of anilines is 3. The lowest BCUT2D eigenvalue weighted by Crippen LogP contribution is -2.25. The number of hydrogen-bond donors (Lipinski definition) is 1. The van der Waals surface area contributed by atoms with Crippen LogP contribution >= 0.6 is 0 Å². The summed E-state index contributed by atoms with van der Waals surface area (Å²) in [4.78, 5) is 19.4. The van der Waals surface area contributed by atoms with Crippen molar-refractivity contribution in [2.24, 2.45) is 0 Å². The van der Waals surface area contributed by atoms with Gasteiger partial charge in [-0.1, -0.05) is 18.2 Å². The monoisotopic (exact) mass is 389 g/mol. The van der Waals surface area contributed by atoms with E-state index in [1.54, 1.807) is 38.6 Å². The number of methoxy groups -OCH3 is 2. The number of aryl methyl sites for hydroxylation is 1. The lowest BCUT2D eigenvalue weighted by molar-refractivity contribution is 0.102. The summed E-state index contributed by atoms with van der Waals surface area (Å²) in [5, 5.41) is 2.88. The maximum absolute atomic E-state index is 12.9. The predicted molar refractivity (Wildman–Crippen MR) is 114 cm³/mol. The lowest BCUT2D eigenvalue weighted by atomic mass is 10.0. The highest BCUT2D eigenvalue weighted by atomic mass is 16.5. The van der Waals surface area contributed by atoms with Crippen LogP contribution in [0.3, 0.4) is 0 Å². The van der Waals surface area contributed by atoms with Crippen molar-refractivity contribution in [2.45, 2.75) is 12.8 Å². The topological polar surface area (TPSA) is 63.7 Å². The molecule has 0 aliphatic carbocycles. The first-order valence-corrected chi connectivity index (χ1v) is 9.54. The van der Waals surface area contributed by atoms with Crippen LogP contribution in [0.4, 0.5) is 17.1 Å². The van der Waals surface area contributed by atoms with Gasteiger partial charge >= 0.3 is 0 Å². The van der Waals surface area contributed by atoms with Gasteiger partial charge in [0.1, 0.15) is 17.2 Å². The number of fused-ring (bicyclic) bond motifs is 1. The van der Waals surface area contributed by atoms with Gasteiger partial charge in [0, 0.05) is 30.2 Å². The number of benzene rings is 2. The van der Waals surface area contributed by atoms with Gasteiger partial charge in [-0.2, -0.15) is 0 Å². The number of carbonyl (C=O) groups excluding carboxylic acids is 1. The normalized spacial score (nSPS) is 12.8. The number of ether oxygens (including phenoxy) is 2. The Balaban J connectivity index is 1.61. The van der Waals surface area contributed by atoms with Crippen LogP contribution in [-0.4, -0.2) is 31.7 Å². The summed E-state index contributed by atoms with van der Waals surface area (Å²) < 4.78 is 10.6. The Hall–Kier alpha value is -3.54. The van der Waals surface area contributed by atoms with Crippen molar-refractivity contribution in [3.8, 4) is 11.5 Å². The summed E-state index contributed by atoms with van der Waals surface area (Å²) in [5.74, 6) is 0.886. The third kappa shape index (κ3) is 3.87. The van der Waals surface area contributed by atoms with E-state index in [1.165, 1.54) is 11.3 Å². The molecule has 1 N–H and O–H groups in total. The Bertz CT molecular complexity index is 1040. The van der Waals surface area contributed by atoms with E-state index in [1.807, 2.05) is 18.2 Å². The van der Waals surface area contributed by atoms with Gasteiger partial charge < -0.3 is 19.7 Å². The van der Waals surface area contributed by atoms with Gasteiger partial charge in [-0.15, -0.1) is 0 Å². The van der Waals surface area contributed by atoms with E-state index in [-0.39, 0.29) is 5.91 Å². The minimum Gasteiger partial charge on any atom is -0.497 e. The molecule has 0 atom stereocenters. The first kappa shape index (κ1) is 18.8. The van der Waals surface area contributed by atoms with Crippen LogP contribution in [0.15, 0.2) is 60.8 Å². The first-order chi connectivity index (χ1) is 14.2. The summed E-state index contributed by atoms with van der Waals surface area (Å²) in [6, 6.07) is 17.4. The molecule has 4 rings (SSSR count). The lowest BCUT2D eigenvalue weighted by Gasteiger charge is -2.31. The third-order valence-corrected chi connectivity index (χ3v) is 5.05. The summed E-state index contributed by atoms with van der Waals surface area (Å²) in [7, 11) is 3.14. The number of carbonyl (C=O) groups is 1. The van der Waals surface area contributed by atoms with Gasteiger partial charge in [0.25, 0.3) is 5.91 Å². The average Bonchev–Trinajstić information content (AvgIpc) is 2.78. The summed E-state index contributed by atoms with van der Waals surface area (Å²) >= 11 is 0. The zero-order valence-corrected chi connectivity index (χ0v) is 16.5. The van der Waals surface area contributed by atoms with E-state index in [0.29, 0.717) is 22.9 Å². The number of para-hydroxylation sites is 1. The van der Waals surface area contributed by atoms with Crippen LogP contribution in [0.25, 0.3) is 0 Å². The predicted octanol–water partition coefficient (Wildman–Crippen LogP) is 4.44. The van der Waals surface area contributed by atoms with Crippen LogP contribution in [0.1, 0.15) is 22.5 Å². The Morgan fingerprint density at radius 3 is 2.76 bits per heavy atom. The van der Waals surface area contributed by atoms with E-state index >= 15 is 0 Å². The molecule has 148 valence electrons. The number of nitrogens with one attached hydrogen (secondary N) is 1. The Morgan fingerprint density at radius 2 is 1.93 bits per heavy atom. The quantitative estimate of drug-likeness (QED) is 0.699. The van der Waals surface area contributed by atoms with Crippen molar-refractivity contribution in [3.63, 3.8) is 0 Å². The number of nitrogens with zero attached hydrogens (tertiary/aromatic N) is 2. The van der Waals surface area contributed by atoms with Gasteiger partial charge in [-0.05, 0) is 48.7 Å². The minimum absolute atomic E-state index is 0.302. The Labute approximate surface area is 170 Å². The molecule has 2 aromatic carbocycles. The van der Waals surface area contributed by atoms with E-state index in [9.17, 15) is 4.79 Å². The van der Waals surface area contributed by atoms with Crippen molar-refractivity contribution >= 4 is 23.0 Å². The summed E-state index contributed by atoms with van der Waals surface area (Å²) in [5.41, 5.74) is 4.34. The van der Waals surface area contributed by atoms with E-state index < -0.39 is 0 Å². The molecule has 0 saturated heterocycles. The molecule has 1 aromatic heterocycles. The largest absolute Gasteiger partial charge is 0.497 e. The van der Waals surface area contributed by atoms with Crippen molar-refractivity contribution < 1.29 is 14.3 Å². The number of hydrogen-bond acceptors (Lipinski definition) is 5. The molecule has 6 heteroatoms. The third-order valence-electron chi connectivity index (χ3n) is 5.05. The van der Waals surface area contributed by atoms with Crippen molar-refractivity contribution in [1.29, 1.82) is 0 Å².